The van der Waals surface area contributed by atoms with Crippen LogP contribution in [0.1, 0.15) is 17.2 Å². The zero-order valence-corrected chi connectivity index (χ0v) is 13.1. The third kappa shape index (κ3) is 3.32. The van der Waals surface area contributed by atoms with E-state index in [0.29, 0.717) is 21.9 Å². The molecule has 2 rings (SSSR count). The summed E-state index contributed by atoms with van der Waals surface area (Å²) in [5.74, 6) is 0.124. The zero-order chi connectivity index (χ0) is 14.7. The summed E-state index contributed by atoms with van der Waals surface area (Å²) in [6.07, 6.45) is -0.826. The lowest BCUT2D eigenvalue weighted by atomic mass is 10.00. The molecule has 0 aliphatic heterocycles. The summed E-state index contributed by atoms with van der Waals surface area (Å²) >= 11 is 9.38. The van der Waals surface area contributed by atoms with Crippen molar-refractivity contribution in [1.29, 1.82) is 0 Å². The van der Waals surface area contributed by atoms with Crippen LogP contribution in [0.4, 0.5) is 4.39 Å². The molecule has 0 aromatic heterocycles. The van der Waals surface area contributed by atoms with Crippen LogP contribution in [0.3, 0.4) is 0 Å². The van der Waals surface area contributed by atoms with Gasteiger partial charge >= 0.3 is 0 Å². The molecule has 0 radical (unpaired) electrons. The maximum absolute atomic E-state index is 13.7. The highest BCUT2D eigenvalue weighted by molar-refractivity contribution is 9.10. The molecule has 0 saturated heterocycles. The monoisotopic (exact) mass is 358 g/mol. The molecule has 0 aliphatic rings. The molecule has 20 heavy (non-hydrogen) atoms. The quantitative estimate of drug-likeness (QED) is 0.869. The fourth-order valence-electron chi connectivity index (χ4n) is 2.03. The van der Waals surface area contributed by atoms with Crippen molar-refractivity contribution in [3.63, 3.8) is 0 Å². The second-order valence-electron chi connectivity index (χ2n) is 4.31. The fraction of sp³-hybridized carbons (Fsp3) is 0.200. The summed E-state index contributed by atoms with van der Waals surface area (Å²) in [6, 6.07) is 9.72. The molecule has 1 atom stereocenters. The maximum atomic E-state index is 13.7. The molecule has 0 spiro atoms. The van der Waals surface area contributed by atoms with E-state index in [9.17, 15) is 9.50 Å². The number of aliphatic hydroxyl groups is 1. The van der Waals surface area contributed by atoms with E-state index in [-0.39, 0.29) is 12.2 Å². The Morgan fingerprint density at radius 2 is 2.10 bits per heavy atom. The molecule has 0 amide bonds. The number of rotatable bonds is 4. The van der Waals surface area contributed by atoms with Crippen LogP contribution in [-0.4, -0.2) is 12.2 Å². The summed E-state index contributed by atoms with van der Waals surface area (Å²) in [6.45, 7) is 0. The Labute approximate surface area is 130 Å². The second-order valence-corrected chi connectivity index (χ2v) is 5.63. The highest BCUT2D eigenvalue weighted by Crippen LogP contribution is 2.34. The first kappa shape index (κ1) is 15.3. The van der Waals surface area contributed by atoms with E-state index in [0.717, 1.165) is 4.47 Å². The van der Waals surface area contributed by atoms with E-state index in [4.69, 9.17) is 16.3 Å². The van der Waals surface area contributed by atoms with Gasteiger partial charge in [0.25, 0.3) is 0 Å². The highest BCUT2D eigenvalue weighted by Gasteiger charge is 2.19. The van der Waals surface area contributed by atoms with Gasteiger partial charge in [-0.25, -0.2) is 4.39 Å². The number of benzene rings is 2. The first-order valence-electron chi connectivity index (χ1n) is 5.97. The van der Waals surface area contributed by atoms with Crippen molar-refractivity contribution < 1.29 is 14.2 Å². The summed E-state index contributed by atoms with van der Waals surface area (Å²) < 4.78 is 19.7. The third-order valence-corrected chi connectivity index (χ3v) is 3.81. The van der Waals surface area contributed by atoms with Gasteiger partial charge in [0.15, 0.2) is 0 Å². The Kier molecular flexibility index (Phi) is 5.02. The molecule has 0 fully saturated rings. The molecule has 2 aromatic carbocycles. The van der Waals surface area contributed by atoms with Crippen LogP contribution in [-0.2, 0) is 6.42 Å². The van der Waals surface area contributed by atoms with E-state index in [2.05, 4.69) is 15.9 Å². The third-order valence-electron chi connectivity index (χ3n) is 2.99. The van der Waals surface area contributed by atoms with Crippen molar-refractivity contribution in [2.24, 2.45) is 0 Å². The van der Waals surface area contributed by atoms with Crippen LogP contribution < -0.4 is 4.74 Å². The first-order chi connectivity index (χ1) is 9.52. The van der Waals surface area contributed by atoms with Crippen molar-refractivity contribution >= 4 is 27.5 Å². The Morgan fingerprint density at radius 1 is 1.35 bits per heavy atom. The highest BCUT2D eigenvalue weighted by atomic mass is 79.9. The van der Waals surface area contributed by atoms with Gasteiger partial charge in [0, 0.05) is 16.5 Å². The first-order valence-corrected chi connectivity index (χ1v) is 7.14. The van der Waals surface area contributed by atoms with Crippen molar-refractivity contribution in [2.45, 2.75) is 12.5 Å². The van der Waals surface area contributed by atoms with Gasteiger partial charge in [0.2, 0.25) is 0 Å². The molecule has 2 nitrogen and oxygen atoms in total. The molecule has 0 aliphatic carbocycles. The largest absolute Gasteiger partial charge is 0.496 e. The van der Waals surface area contributed by atoms with Gasteiger partial charge in [0.1, 0.15) is 11.6 Å². The van der Waals surface area contributed by atoms with E-state index in [1.807, 2.05) is 0 Å². The summed E-state index contributed by atoms with van der Waals surface area (Å²) in [7, 11) is 1.50. The van der Waals surface area contributed by atoms with Gasteiger partial charge in [-0.15, -0.1) is 0 Å². The molecule has 0 saturated carbocycles. The van der Waals surface area contributed by atoms with E-state index < -0.39 is 6.10 Å². The minimum atomic E-state index is -0.942. The minimum Gasteiger partial charge on any atom is -0.496 e. The number of hydrogen-bond donors (Lipinski definition) is 1. The van der Waals surface area contributed by atoms with Gasteiger partial charge in [-0.05, 0) is 35.9 Å². The zero-order valence-electron chi connectivity index (χ0n) is 10.7. The fourth-order valence-corrected chi connectivity index (χ4v) is 2.73. The molecule has 2 aromatic rings. The van der Waals surface area contributed by atoms with Crippen LogP contribution in [0.2, 0.25) is 5.02 Å². The van der Waals surface area contributed by atoms with Gasteiger partial charge in [-0.1, -0.05) is 33.6 Å². The lowest BCUT2D eigenvalue weighted by Crippen LogP contribution is -2.06. The SMILES string of the molecule is COc1cccc(Cl)c1C(O)Cc1cc(Br)ccc1F. The maximum Gasteiger partial charge on any atom is 0.126 e. The van der Waals surface area contributed by atoms with Crippen LogP contribution in [0, 0.1) is 5.82 Å². The van der Waals surface area contributed by atoms with Gasteiger partial charge < -0.3 is 9.84 Å². The smallest absolute Gasteiger partial charge is 0.126 e. The second kappa shape index (κ2) is 6.57. The normalized spacial score (nSPS) is 12.2. The Bertz CT molecular complexity index is 619. The van der Waals surface area contributed by atoms with E-state index >= 15 is 0 Å². The van der Waals surface area contributed by atoms with Gasteiger partial charge in [0.05, 0.1) is 18.2 Å². The number of methoxy groups -OCH3 is 1. The van der Waals surface area contributed by atoms with E-state index in [1.165, 1.54) is 13.2 Å². The van der Waals surface area contributed by atoms with Crippen molar-refractivity contribution in [3.8, 4) is 5.75 Å². The molecular formula is C15H13BrClFO2. The molecule has 106 valence electrons. The molecule has 0 bridgehead atoms. The van der Waals surface area contributed by atoms with Crippen molar-refractivity contribution in [2.75, 3.05) is 7.11 Å². The Balaban J connectivity index is 2.33. The standard InChI is InChI=1S/C15H13BrClFO2/c1-20-14-4-2-3-11(17)15(14)13(19)8-9-7-10(16)5-6-12(9)18/h2-7,13,19H,8H2,1H3. The van der Waals surface area contributed by atoms with E-state index in [1.54, 1.807) is 30.3 Å². The van der Waals surface area contributed by atoms with Gasteiger partial charge in [-0.3, -0.25) is 0 Å². The van der Waals surface area contributed by atoms with Crippen LogP contribution in [0.25, 0.3) is 0 Å². The summed E-state index contributed by atoms with van der Waals surface area (Å²) in [4.78, 5) is 0. The van der Waals surface area contributed by atoms with Crippen LogP contribution in [0.5, 0.6) is 5.75 Å². The number of ether oxygens (including phenoxy) is 1. The predicted octanol–water partition coefficient (Wildman–Crippen LogP) is 4.53. The summed E-state index contributed by atoms with van der Waals surface area (Å²) in [5, 5.41) is 10.7. The Hall–Kier alpha value is -1.10. The number of aliphatic hydroxyl groups excluding tert-OH is 1. The molecule has 5 heteroatoms. The van der Waals surface area contributed by atoms with Crippen LogP contribution in [0.15, 0.2) is 40.9 Å². The Morgan fingerprint density at radius 3 is 2.80 bits per heavy atom. The lowest BCUT2D eigenvalue weighted by molar-refractivity contribution is 0.173. The number of halogens is 3. The average molecular weight is 360 g/mol. The molecule has 0 heterocycles. The molecule has 1 N–H and O–H groups in total. The topological polar surface area (TPSA) is 29.5 Å². The lowest BCUT2D eigenvalue weighted by Gasteiger charge is -2.17. The van der Waals surface area contributed by atoms with Crippen LogP contribution >= 0.6 is 27.5 Å². The average Bonchev–Trinajstić information content (AvgIpc) is 2.42. The van der Waals surface area contributed by atoms with Crippen molar-refractivity contribution in [1.82, 2.24) is 0 Å². The minimum absolute atomic E-state index is 0.116. The van der Waals surface area contributed by atoms with Gasteiger partial charge in [-0.2, -0.15) is 0 Å². The summed E-state index contributed by atoms with van der Waals surface area (Å²) in [5.41, 5.74) is 0.880. The predicted molar refractivity (Wildman–Crippen MR) is 80.8 cm³/mol. The number of hydrogen-bond acceptors (Lipinski definition) is 2. The van der Waals surface area contributed by atoms with Crippen molar-refractivity contribution in [3.05, 3.63) is 62.8 Å². The molecular weight excluding hydrogens is 347 g/mol. The molecule has 1 unspecified atom stereocenters.